The first-order valence-corrected chi connectivity index (χ1v) is 6.28. The van der Waals surface area contributed by atoms with Crippen LogP contribution in [0.4, 0.5) is 4.39 Å². The van der Waals surface area contributed by atoms with Crippen LogP contribution in [0.15, 0.2) is 48.8 Å². The molecule has 0 spiro atoms. The SMILES string of the molecule is COc1ccc(F)cc1C(=O)c1ccc2nccnc2c1. The number of aromatic nitrogens is 2. The van der Waals surface area contributed by atoms with Crippen molar-refractivity contribution in [3.8, 4) is 5.75 Å². The zero-order valence-electron chi connectivity index (χ0n) is 11.2. The third-order valence-electron chi connectivity index (χ3n) is 3.14. The summed E-state index contributed by atoms with van der Waals surface area (Å²) in [6.07, 6.45) is 3.14. The van der Waals surface area contributed by atoms with Gasteiger partial charge in [0.2, 0.25) is 0 Å². The van der Waals surface area contributed by atoms with E-state index in [0.29, 0.717) is 22.3 Å². The van der Waals surface area contributed by atoms with Gasteiger partial charge in [0.1, 0.15) is 11.6 Å². The highest BCUT2D eigenvalue weighted by atomic mass is 19.1. The molecule has 21 heavy (non-hydrogen) atoms. The number of benzene rings is 2. The minimum absolute atomic E-state index is 0.181. The quantitative estimate of drug-likeness (QED) is 0.693. The van der Waals surface area contributed by atoms with Gasteiger partial charge in [0.05, 0.1) is 23.7 Å². The molecule has 0 fully saturated rings. The summed E-state index contributed by atoms with van der Waals surface area (Å²) in [5.41, 5.74) is 1.90. The summed E-state index contributed by atoms with van der Waals surface area (Å²) >= 11 is 0. The second-order valence-corrected chi connectivity index (χ2v) is 4.43. The van der Waals surface area contributed by atoms with Crippen LogP contribution in [0, 0.1) is 5.82 Å². The third-order valence-corrected chi connectivity index (χ3v) is 3.14. The van der Waals surface area contributed by atoms with E-state index in [1.165, 1.54) is 25.3 Å². The number of fused-ring (bicyclic) bond motifs is 1. The van der Waals surface area contributed by atoms with Crippen molar-refractivity contribution in [3.05, 3.63) is 65.7 Å². The van der Waals surface area contributed by atoms with E-state index in [1.54, 1.807) is 30.6 Å². The summed E-state index contributed by atoms with van der Waals surface area (Å²) in [7, 11) is 1.44. The van der Waals surface area contributed by atoms with Crippen molar-refractivity contribution in [3.63, 3.8) is 0 Å². The Balaban J connectivity index is 2.10. The predicted octanol–water partition coefficient (Wildman–Crippen LogP) is 3.01. The van der Waals surface area contributed by atoms with Crippen LogP contribution in [0.2, 0.25) is 0 Å². The van der Waals surface area contributed by atoms with Gasteiger partial charge in [-0.2, -0.15) is 0 Å². The van der Waals surface area contributed by atoms with Crippen molar-refractivity contribution in [2.75, 3.05) is 7.11 Å². The van der Waals surface area contributed by atoms with Crippen molar-refractivity contribution < 1.29 is 13.9 Å². The molecule has 1 aromatic heterocycles. The maximum atomic E-state index is 13.4. The van der Waals surface area contributed by atoms with Gasteiger partial charge in [-0.1, -0.05) is 0 Å². The fourth-order valence-electron chi connectivity index (χ4n) is 2.12. The van der Waals surface area contributed by atoms with Gasteiger partial charge in [-0.3, -0.25) is 14.8 Å². The predicted molar refractivity (Wildman–Crippen MR) is 75.9 cm³/mol. The van der Waals surface area contributed by atoms with Gasteiger partial charge in [-0.15, -0.1) is 0 Å². The lowest BCUT2D eigenvalue weighted by molar-refractivity contribution is 0.103. The Hall–Kier alpha value is -2.82. The zero-order chi connectivity index (χ0) is 14.8. The molecule has 5 heteroatoms. The van der Waals surface area contributed by atoms with Gasteiger partial charge in [0.25, 0.3) is 0 Å². The molecular formula is C16H11FN2O2. The van der Waals surface area contributed by atoms with E-state index in [2.05, 4.69) is 9.97 Å². The first kappa shape index (κ1) is 13.2. The monoisotopic (exact) mass is 282 g/mol. The highest BCUT2D eigenvalue weighted by Gasteiger charge is 2.16. The Morgan fingerprint density at radius 2 is 1.81 bits per heavy atom. The molecule has 0 atom stereocenters. The van der Waals surface area contributed by atoms with E-state index in [4.69, 9.17) is 4.74 Å². The number of ketones is 1. The number of rotatable bonds is 3. The Kier molecular flexibility index (Phi) is 3.31. The fourth-order valence-corrected chi connectivity index (χ4v) is 2.12. The maximum Gasteiger partial charge on any atom is 0.196 e. The van der Waals surface area contributed by atoms with Crippen molar-refractivity contribution in [2.45, 2.75) is 0 Å². The van der Waals surface area contributed by atoms with Gasteiger partial charge in [-0.25, -0.2) is 4.39 Å². The summed E-state index contributed by atoms with van der Waals surface area (Å²) < 4.78 is 18.5. The van der Waals surface area contributed by atoms with Crippen molar-refractivity contribution in [1.82, 2.24) is 9.97 Å². The summed E-state index contributed by atoms with van der Waals surface area (Å²) in [5.74, 6) is -0.473. The topological polar surface area (TPSA) is 52.1 Å². The first-order valence-electron chi connectivity index (χ1n) is 6.28. The highest BCUT2D eigenvalue weighted by Crippen LogP contribution is 2.23. The number of nitrogens with zero attached hydrogens (tertiary/aromatic N) is 2. The lowest BCUT2D eigenvalue weighted by Crippen LogP contribution is -2.05. The normalized spacial score (nSPS) is 10.6. The van der Waals surface area contributed by atoms with Crippen molar-refractivity contribution >= 4 is 16.8 Å². The molecule has 0 bridgehead atoms. The number of hydrogen-bond acceptors (Lipinski definition) is 4. The molecule has 0 amide bonds. The second kappa shape index (κ2) is 5.28. The summed E-state index contributed by atoms with van der Waals surface area (Å²) in [4.78, 5) is 20.8. The molecule has 2 aromatic carbocycles. The number of methoxy groups -OCH3 is 1. The standard InChI is InChI=1S/C16H11FN2O2/c1-21-15-5-3-11(17)9-12(15)16(20)10-2-4-13-14(8-10)19-7-6-18-13/h2-9H,1H3. The van der Waals surface area contributed by atoms with Crippen molar-refractivity contribution in [1.29, 1.82) is 0 Å². The molecule has 3 aromatic rings. The van der Waals surface area contributed by atoms with Crippen LogP contribution in [0.5, 0.6) is 5.75 Å². The number of carbonyl (C=O) groups is 1. The molecule has 0 N–H and O–H groups in total. The number of halogens is 1. The van der Waals surface area contributed by atoms with Gasteiger partial charge < -0.3 is 4.74 Å². The number of hydrogen-bond donors (Lipinski definition) is 0. The first-order chi connectivity index (χ1) is 10.2. The smallest absolute Gasteiger partial charge is 0.196 e. The molecule has 0 aliphatic carbocycles. The molecular weight excluding hydrogens is 271 g/mol. The van der Waals surface area contributed by atoms with Crippen LogP contribution >= 0.6 is 0 Å². The van der Waals surface area contributed by atoms with E-state index in [0.717, 1.165) is 0 Å². The second-order valence-electron chi connectivity index (χ2n) is 4.43. The minimum Gasteiger partial charge on any atom is -0.496 e. The molecule has 3 rings (SSSR count). The van der Waals surface area contributed by atoms with Gasteiger partial charge >= 0.3 is 0 Å². The minimum atomic E-state index is -0.486. The molecule has 0 aliphatic rings. The van der Waals surface area contributed by atoms with Gasteiger partial charge in [-0.05, 0) is 36.4 Å². The van der Waals surface area contributed by atoms with Crippen LogP contribution in [0.1, 0.15) is 15.9 Å². The summed E-state index contributed by atoms with van der Waals surface area (Å²) in [5, 5.41) is 0. The van der Waals surface area contributed by atoms with Crippen LogP contribution in [0.25, 0.3) is 11.0 Å². The molecule has 1 heterocycles. The number of ether oxygens (including phenoxy) is 1. The van der Waals surface area contributed by atoms with Crippen molar-refractivity contribution in [2.24, 2.45) is 0 Å². The third kappa shape index (κ3) is 2.45. The van der Waals surface area contributed by atoms with Crippen LogP contribution in [0.3, 0.4) is 0 Å². The van der Waals surface area contributed by atoms with E-state index in [1.807, 2.05) is 0 Å². The van der Waals surface area contributed by atoms with Gasteiger partial charge in [0, 0.05) is 18.0 Å². The van der Waals surface area contributed by atoms with E-state index >= 15 is 0 Å². The average Bonchev–Trinajstić information content (AvgIpc) is 2.53. The number of carbonyl (C=O) groups excluding carboxylic acids is 1. The van der Waals surface area contributed by atoms with E-state index < -0.39 is 5.82 Å². The molecule has 0 saturated carbocycles. The Bertz CT molecular complexity index is 833. The lowest BCUT2D eigenvalue weighted by atomic mass is 10.0. The van der Waals surface area contributed by atoms with E-state index in [9.17, 15) is 9.18 Å². The van der Waals surface area contributed by atoms with Crippen LogP contribution in [-0.2, 0) is 0 Å². The molecule has 0 aliphatic heterocycles. The summed E-state index contributed by atoms with van der Waals surface area (Å²) in [6.45, 7) is 0. The van der Waals surface area contributed by atoms with Crippen LogP contribution in [-0.4, -0.2) is 22.9 Å². The Labute approximate surface area is 120 Å². The molecule has 0 radical (unpaired) electrons. The average molecular weight is 282 g/mol. The fraction of sp³-hybridized carbons (Fsp3) is 0.0625. The lowest BCUT2D eigenvalue weighted by Gasteiger charge is -2.08. The zero-order valence-corrected chi connectivity index (χ0v) is 11.2. The maximum absolute atomic E-state index is 13.4. The molecule has 104 valence electrons. The molecule has 0 unspecified atom stereocenters. The van der Waals surface area contributed by atoms with Gasteiger partial charge in [0.15, 0.2) is 5.78 Å². The Morgan fingerprint density at radius 3 is 2.57 bits per heavy atom. The summed E-state index contributed by atoms with van der Waals surface area (Å²) in [6, 6.07) is 8.84. The van der Waals surface area contributed by atoms with Crippen LogP contribution < -0.4 is 4.74 Å². The Morgan fingerprint density at radius 1 is 1.05 bits per heavy atom. The largest absolute Gasteiger partial charge is 0.496 e. The molecule has 4 nitrogen and oxygen atoms in total. The highest BCUT2D eigenvalue weighted by molar-refractivity contribution is 6.11. The molecule has 0 saturated heterocycles. The van der Waals surface area contributed by atoms with E-state index in [-0.39, 0.29) is 11.3 Å².